The number of rotatable bonds is 0. The van der Waals surface area contributed by atoms with Crippen LogP contribution in [-0.4, -0.2) is 0 Å². The topological polar surface area (TPSA) is 0 Å². The molecule has 2 aromatic carbocycles. The van der Waals surface area contributed by atoms with Gasteiger partial charge in [-0.2, -0.15) is 13.2 Å². The molecule has 5 heteroatoms. The first-order chi connectivity index (χ1) is 7.38. The van der Waals surface area contributed by atoms with Crippen LogP contribution in [0.3, 0.4) is 0 Å². The molecule has 16 heavy (non-hydrogen) atoms. The van der Waals surface area contributed by atoms with Crippen molar-refractivity contribution in [2.45, 2.75) is 6.18 Å². The summed E-state index contributed by atoms with van der Waals surface area (Å²) < 4.78 is 37.5. The fourth-order valence-electron chi connectivity index (χ4n) is 1.46. The first-order valence-electron chi connectivity index (χ1n) is 4.34. The average molecular weight is 265 g/mol. The van der Waals surface area contributed by atoms with Crippen LogP contribution < -0.4 is 0 Å². The SMILES string of the molecule is FC(F)(F)c1cc(Cl)c2ccc(Cl)cc2c1. The Labute approximate surface area is 99.6 Å². The van der Waals surface area contributed by atoms with Gasteiger partial charge >= 0.3 is 6.18 Å². The molecule has 84 valence electrons. The van der Waals surface area contributed by atoms with Crippen LogP contribution in [0.25, 0.3) is 10.8 Å². The second-order valence-electron chi connectivity index (χ2n) is 3.32. The third-order valence-electron chi connectivity index (χ3n) is 2.19. The summed E-state index contributed by atoms with van der Waals surface area (Å²) in [7, 11) is 0. The van der Waals surface area contributed by atoms with Gasteiger partial charge in [-0.15, -0.1) is 0 Å². The number of hydrogen-bond acceptors (Lipinski definition) is 0. The molecule has 0 radical (unpaired) electrons. The van der Waals surface area contributed by atoms with E-state index in [4.69, 9.17) is 23.2 Å². The van der Waals surface area contributed by atoms with Gasteiger partial charge in [0.25, 0.3) is 0 Å². The van der Waals surface area contributed by atoms with Gasteiger partial charge in [-0.25, -0.2) is 0 Å². The summed E-state index contributed by atoms with van der Waals surface area (Å²) in [6, 6.07) is 6.59. The molecule has 0 saturated heterocycles. The molecule has 0 aliphatic carbocycles. The fraction of sp³-hybridized carbons (Fsp3) is 0.0909. The Morgan fingerprint density at radius 2 is 1.62 bits per heavy atom. The van der Waals surface area contributed by atoms with Crippen molar-refractivity contribution < 1.29 is 13.2 Å². The quantitative estimate of drug-likeness (QED) is 0.616. The van der Waals surface area contributed by atoms with E-state index < -0.39 is 11.7 Å². The van der Waals surface area contributed by atoms with Crippen LogP contribution in [0.1, 0.15) is 5.56 Å². The van der Waals surface area contributed by atoms with Crippen LogP contribution >= 0.6 is 23.2 Å². The minimum absolute atomic E-state index is 0.0708. The van der Waals surface area contributed by atoms with Crippen LogP contribution in [0.15, 0.2) is 30.3 Å². The molecule has 0 bridgehead atoms. The number of hydrogen-bond donors (Lipinski definition) is 0. The Hall–Kier alpha value is -0.930. The number of alkyl halides is 3. The Morgan fingerprint density at radius 1 is 0.938 bits per heavy atom. The smallest absolute Gasteiger partial charge is 0.166 e. The summed E-state index contributed by atoms with van der Waals surface area (Å²) >= 11 is 11.5. The number of fused-ring (bicyclic) bond motifs is 1. The second-order valence-corrected chi connectivity index (χ2v) is 4.16. The molecule has 2 aromatic rings. The summed E-state index contributed by atoms with van der Waals surface area (Å²) in [5.74, 6) is 0. The third-order valence-corrected chi connectivity index (χ3v) is 2.74. The van der Waals surface area contributed by atoms with Gasteiger partial charge in [0.05, 0.1) is 5.56 Å². The van der Waals surface area contributed by atoms with Gasteiger partial charge in [0.15, 0.2) is 0 Å². The molecule has 0 saturated carbocycles. The molecule has 0 unspecified atom stereocenters. The zero-order chi connectivity index (χ0) is 11.9. The Kier molecular flexibility index (Phi) is 2.76. The van der Waals surface area contributed by atoms with Crippen molar-refractivity contribution in [2.24, 2.45) is 0 Å². The van der Waals surface area contributed by atoms with Crippen LogP contribution in [0, 0.1) is 0 Å². The lowest BCUT2D eigenvalue weighted by Crippen LogP contribution is -2.04. The third kappa shape index (κ3) is 2.11. The Balaban J connectivity index is 2.75. The van der Waals surface area contributed by atoms with E-state index in [1.807, 2.05) is 0 Å². The van der Waals surface area contributed by atoms with Crippen molar-refractivity contribution in [1.29, 1.82) is 0 Å². The second kappa shape index (κ2) is 3.82. The van der Waals surface area contributed by atoms with Gasteiger partial charge in [-0.05, 0) is 29.7 Å². The van der Waals surface area contributed by atoms with Crippen LogP contribution in [0.5, 0.6) is 0 Å². The van der Waals surface area contributed by atoms with Crippen molar-refractivity contribution in [3.63, 3.8) is 0 Å². The highest BCUT2D eigenvalue weighted by Gasteiger charge is 2.31. The zero-order valence-corrected chi connectivity index (χ0v) is 9.29. The van der Waals surface area contributed by atoms with Gasteiger partial charge in [0.1, 0.15) is 0 Å². The summed E-state index contributed by atoms with van der Waals surface area (Å²) in [6.07, 6.45) is -4.40. The van der Waals surface area contributed by atoms with E-state index in [1.54, 1.807) is 12.1 Å². The molecule has 0 aliphatic heterocycles. The molecular formula is C11H5Cl2F3. The number of halogens is 5. The molecular weight excluding hydrogens is 260 g/mol. The Bertz CT molecular complexity index is 547. The molecule has 0 amide bonds. The molecule has 0 aromatic heterocycles. The molecule has 0 aliphatic rings. The van der Waals surface area contributed by atoms with Gasteiger partial charge in [0, 0.05) is 15.4 Å². The highest BCUT2D eigenvalue weighted by molar-refractivity contribution is 6.36. The lowest BCUT2D eigenvalue weighted by molar-refractivity contribution is -0.137. The van der Waals surface area contributed by atoms with E-state index in [1.165, 1.54) is 6.07 Å². The Morgan fingerprint density at radius 3 is 2.25 bits per heavy atom. The highest BCUT2D eigenvalue weighted by Crippen LogP contribution is 2.35. The largest absolute Gasteiger partial charge is 0.416 e. The molecule has 0 spiro atoms. The van der Waals surface area contributed by atoms with Crippen molar-refractivity contribution in [2.75, 3.05) is 0 Å². The molecule has 2 rings (SSSR count). The van der Waals surface area contributed by atoms with E-state index in [0.29, 0.717) is 15.8 Å². The summed E-state index contributed by atoms with van der Waals surface area (Å²) in [4.78, 5) is 0. The molecule has 0 N–H and O–H groups in total. The van der Waals surface area contributed by atoms with E-state index in [9.17, 15) is 13.2 Å². The lowest BCUT2D eigenvalue weighted by atomic mass is 10.1. The van der Waals surface area contributed by atoms with E-state index in [-0.39, 0.29) is 5.02 Å². The summed E-state index contributed by atoms with van der Waals surface area (Å²) in [5, 5.41) is 1.38. The predicted molar refractivity (Wildman–Crippen MR) is 59.0 cm³/mol. The van der Waals surface area contributed by atoms with Crippen LogP contribution in [0.4, 0.5) is 13.2 Å². The number of benzene rings is 2. The zero-order valence-electron chi connectivity index (χ0n) is 7.78. The van der Waals surface area contributed by atoms with Crippen LogP contribution in [-0.2, 0) is 6.18 Å². The van der Waals surface area contributed by atoms with Crippen LogP contribution in [0.2, 0.25) is 10.0 Å². The molecule has 0 nitrogen and oxygen atoms in total. The van der Waals surface area contributed by atoms with Crippen molar-refractivity contribution in [3.8, 4) is 0 Å². The first-order valence-corrected chi connectivity index (χ1v) is 5.09. The molecule has 0 heterocycles. The summed E-state index contributed by atoms with van der Waals surface area (Å²) in [6.45, 7) is 0. The summed E-state index contributed by atoms with van der Waals surface area (Å²) in [5.41, 5.74) is -0.771. The minimum atomic E-state index is -4.40. The van der Waals surface area contributed by atoms with Gasteiger partial charge in [0.2, 0.25) is 0 Å². The standard InChI is InChI=1S/C11H5Cl2F3/c12-8-1-2-9-6(4-8)3-7(5-10(9)13)11(14,15)16/h1-5H. The maximum atomic E-state index is 12.5. The average Bonchev–Trinajstić information content (AvgIpc) is 2.15. The van der Waals surface area contributed by atoms with Gasteiger partial charge in [-0.3, -0.25) is 0 Å². The first kappa shape index (κ1) is 11.6. The van der Waals surface area contributed by atoms with Gasteiger partial charge < -0.3 is 0 Å². The highest BCUT2D eigenvalue weighted by atomic mass is 35.5. The normalized spacial score (nSPS) is 12.1. The predicted octanol–water partition coefficient (Wildman–Crippen LogP) is 5.17. The van der Waals surface area contributed by atoms with E-state index >= 15 is 0 Å². The molecule has 0 fully saturated rings. The van der Waals surface area contributed by atoms with Gasteiger partial charge in [-0.1, -0.05) is 29.3 Å². The van der Waals surface area contributed by atoms with Crippen molar-refractivity contribution >= 4 is 34.0 Å². The fourth-order valence-corrected chi connectivity index (χ4v) is 1.93. The maximum Gasteiger partial charge on any atom is 0.416 e. The molecule has 0 atom stereocenters. The maximum absolute atomic E-state index is 12.5. The van der Waals surface area contributed by atoms with Crippen molar-refractivity contribution in [3.05, 3.63) is 45.9 Å². The minimum Gasteiger partial charge on any atom is -0.166 e. The van der Waals surface area contributed by atoms with E-state index in [2.05, 4.69) is 0 Å². The monoisotopic (exact) mass is 264 g/mol. The van der Waals surface area contributed by atoms with Crippen molar-refractivity contribution in [1.82, 2.24) is 0 Å². The van der Waals surface area contributed by atoms with E-state index in [0.717, 1.165) is 12.1 Å². The lowest BCUT2D eigenvalue weighted by Gasteiger charge is -2.09.